The molecule has 0 aliphatic carbocycles. The van der Waals surface area contributed by atoms with Crippen molar-refractivity contribution in [2.45, 2.75) is 25.5 Å². The molecule has 27 heavy (non-hydrogen) atoms. The SMILES string of the molecule is C[C@H]1CN(C(=O)CN2C(=O)N[C@@H](Cc3c[nH]c4ccccc34)C2=O)CCO1. The van der Waals surface area contributed by atoms with Gasteiger partial charge < -0.3 is 19.9 Å². The van der Waals surface area contributed by atoms with Gasteiger partial charge in [0.2, 0.25) is 5.91 Å². The lowest BCUT2D eigenvalue weighted by molar-refractivity contribution is -0.142. The number of H-pyrrole nitrogens is 1. The predicted molar refractivity (Wildman–Crippen MR) is 98.0 cm³/mol. The molecule has 2 atom stereocenters. The summed E-state index contributed by atoms with van der Waals surface area (Å²) in [5, 5.41) is 3.73. The van der Waals surface area contributed by atoms with Crippen molar-refractivity contribution in [1.29, 1.82) is 0 Å². The van der Waals surface area contributed by atoms with Crippen LogP contribution in [-0.4, -0.2) is 71.0 Å². The quantitative estimate of drug-likeness (QED) is 0.781. The summed E-state index contributed by atoms with van der Waals surface area (Å²) in [7, 11) is 0. The normalized spacial score (nSPS) is 23.1. The average Bonchev–Trinajstić information content (AvgIpc) is 3.18. The number of nitrogens with zero attached hydrogens (tertiary/aromatic N) is 2. The van der Waals surface area contributed by atoms with E-state index in [0.717, 1.165) is 21.4 Å². The highest BCUT2D eigenvalue weighted by Gasteiger charge is 2.40. The molecule has 0 saturated carbocycles. The van der Waals surface area contributed by atoms with Crippen molar-refractivity contribution in [2.24, 2.45) is 0 Å². The van der Waals surface area contributed by atoms with Gasteiger partial charge in [-0.2, -0.15) is 0 Å². The third-order valence-electron chi connectivity index (χ3n) is 5.09. The first-order valence-electron chi connectivity index (χ1n) is 9.09. The first-order chi connectivity index (χ1) is 13.0. The lowest BCUT2D eigenvalue weighted by Gasteiger charge is -2.31. The Balaban J connectivity index is 1.43. The zero-order valence-electron chi connectivity index (χ0n) is 15.1. The van der Waals surface area contributed by atoms with Crippen molar-refractivity contribution in [2.75, 3.05) is 26.2 Å². The van der Waals surface area contributed by atoms with Gasteiger partial charge in [-0.05, 0) is 18.6 Å². The maximum absolute atomic E-state index is 12.7. The molecule has 2 aliphatic rings. The molecule has 1 aromatic carbocycles. The Kier molecular flexibility index (Phi) is 4.57. The van der Waals surface area contributed by atoms with Gasteiger partial charge in [0.05, 0.1) is 12.7 Å². The van der Waals surface area contributed by atoms with Gasteiger partial charge in [-0.3, -0.25) is 14.5 Å². The summed E-state index contributed by atoms with van der Waals surface area (Å²) in [5.41, 5.74) is 1.94. The number of benzene rings is 1. The zero-order valence-corrected chi connectivity index (χ0v) is 15.1. The summed E-state index contributed by atoms with van der Waals surface area (Å²) >= 11 is 0. The van der Waals surface area contributed by atoms with Crippen LogP contribution in [0.3, 0.4) is 0 Å². The fourth-order valence-electron chi connectivity index (χ4n) is 3.67. The smallest absolute Gasteiger partial charge is 0.325 e. The number of aromatic amines is 1. The summed E-state index contributed by atoms with van der Waals surface area (Å²) in [6.07, 6.45) is 2.20. The molecule has 142 valence electrons. The number of amides is 4. The molecule has 8 nitrogen and oxygen atoms in total. The summed E-state index contributed by atoms with van der Waals surface area (Å²) in [6.45, 7) is 3.08. The number of hydrogen-bond acceptors (Lipinski definition) is 4. The number of carbonyl (C=O) groups excluding carboxylic acids is 3. The summed E-state index contributed by atoms with van der Waals surface area (Å²) in [4.78, 5) is 43.3. The number of rotatable bonds is 4. The van der Waals surface area contributed by atoms with Crippen LogP contribution in [0, 0.1) is 0 Å². The molecular formula is C19H22N4O4. The number of imide groups is 1. The lowest BCUT2D eigenvalue weighted by atomic mass is 10.1. The second kappa shape index (κ2) is 7.03. The third-order valence-corrected chi connectivity index (χ3v) is 5.09. The van der Waals surface area contributed by atoms with E-state index in [0.29, 0.717) is 26.1 Å². The third kappa shape index (κ3) is 3.40. The van der Waals surface area contributed by atoms with E-state index in [1.54, 1.807) is 4.90 Å². The van der Waals surface area contributed by atoms with E-state index in [4.69, 9.17) is 4.74 Å². The Bertz CT molecular complexity index is 893. The molecule has 3 heterocycles. The number of carbonyl (C=O) groups is 3. The number of fused-ring (bicyclic) bond motifs is 1. The minimum atomic E-state index is -0.659. The van der Waals surface area contributed by atoms with Crippen LogP contribution in [0.15, 0.2) is 30.5 Å². The summed E-state index contributed by atoms with van der Waals surface area (Å²) in [5.74, 6) is -0.596. The standard InChI is InChI=1S/C19H22N4O4/c1-12-10-22(6-7-27-12)17(24)11-23-18(25)16(21-19(23)26)8-13-9-20-15-5-3-2-4-14(13)15/h2-5,9,12,16,20H,6-8,10-11H2,1H3,(H,21,26)/t12-,16-/m0/s1. The maximum atomic E-state index is 12.7. The molecule has 0 radical (unpaired) electrons. The molecule has 2 aromatic rings. The molecule has 0 bridgehead atoms. The van der Waals surface area contributed by atoms with Gasteiger partial charge in [0.25, 0.3) is 5.91 Å². The molecule has 2 fully saturated rings. The van der Waals surface area contributed by atoms with Crippen molar-refractivity contribution in [3.63, 3.8) is 0 Å². The maximum Gasteiger partial charge on any atom is 0.325 e. The fourth-order valence-corrected chi connectivity index (χ4v) is 3.67. The van der Waals surface area contributed by atoms with Crippen molar-refractivity contribution >= 4 is 28.7 Å². The number of ether oxygens (including phenoxy) is 1. The minimum absolute atomic E-state index is 0.0413. The van der Waals surface area contributed by atoms with Crippen LogP contribution in [0.25, 0.3) is 10.9 Å². The molecule has 8 heteroatoms. The minimum Gasteiger partial charge on any atom is -0.375 e. The van der Waals surface area contributed by atoms with Gasteiger partial charge in [0, 0.05) is 36.6 Å². The molecule has 0 unspecified atom stereocenters. The molecule has 1 aromatic heterocycles. The monoisotopic (exact) mass is 370 g/mol. The number of nitrogens with one attached hydrogen (secondary N) is 2. The van der Waals surface area contributed by atoms with E-state index in [2.05, 4.69) is 10.3 Å². The average molecular weight is 370 g/mol. The Morgan fingerprint density at radius 1 is 1.30 bits per heavy atom. The fraction of sp³-hybridized carbons (Fsp3) is 0.421. The molecular weight excluding hydrogens is 348 g/mol. The van der Waals surface area contributed by atoms with Gasteiger partial charge in [-0.1, -0.05) is 18.2 Å². The number of para-hydroxylation sites is 1. The highest BCUT2D eigenvalue weighted by molar-refractivity contribution is 6.06. The van der Waals surface area contributed by atoms with Crippen LogP contribution in [-0.2, 0) is 20.7 Å². The van der Waals surface area contributed by atoms with E-state index in [1.807, 2.05) is 37.4 Å². The van der Waals surface area contributed by atoms with Gasteiger partial charge in [-0.25, -0.2) is 4.79 Å². The topological polar surface area (TPSA) is 94.7 Å². The van der Waals surface area contributed by atoms with Crippen molar-refractivity contribution in [1.82, 2.24) is 20.1 Å². The van der Waals surface area contributed by atoms with E-state index in [-0.39, 0.29) is 24.5 Å². The second-order valence-corrected chi connectivity index (χ2v) is 7.01. The van der Waals surface area contributed by atoms with Crippen molar-refractivity contribution in [3.05, 3.63) is 36.0 Å². The van der Waals surface area contributed by atoms with Crippen molar-refractivity contribution < 1.29 is 19.1 Å². The van der Waals surface area contributed by atoms with Crippen molar-refractivity contribution in [3.8, 4) is 0 Å². The number of morpholine rings is 1. The highest BCUT2D eigenvalue weighted by atomic mass is 16.5. The van der Waals surface area contributed by atoms with Crippen LogP contribution >= 0.6 is 0 Å². The first kappa shape index (κ1) is 17.5. The molecule has 2 aliphatic heterocycles. The number of hydrogen-bond donors (Lipinski definition) is 2. The Morgan fingerprint density at radius 2 is 2.11 bits per heavy atom. The molecule has 2 saturated heterocycles. The predicted octanol–water partition coefficient (Wildman–Crippen LogP) is 0.878. The van der Waals surface area contributed by atoms with Gasteiger partial charge in [-0.15, -0.1) is 0 Å². The van der Waals surface area contributed by atoms with Crippen LogP contribution in [0.1, 0.15) is 12.5 Å². The van der Waals surface area contributed by atoms with E-state index >= 15 is 0 Å². The highest BCUT2D eigenvalue weighted by Crippen LogP contribution is 2.21. The molecule has 4 rings (SSSR count). The Morgan fingerprint density at radius 3 is 2.93 bits per heavy atom. The molecule has 2 N–H and O–H groups in total. The number of aromatic nitrogens is 1. The van der Waals surface area contributed by atoms with Crippen LogP contribution < -0.4 is 5.32 Å². The van der Waals surface area contributed by atoms with Crippen LogP contribution in [0.5, 0.6) is 0 Å². The number of urea groups is 1. The second-order valence-electron chi connectivity index (χ2n) is 7.01. The van der Waals surface area contributed by atoms with E-state index in [1.165, 1.54) is 0 Å². The van der Waals surface area contributed by atoms with Gasteiger partial charge in [0.15, 0.2) is 0 Å². The molecule has 0 spiro atoms. The Labute approximate surface area is 156 Å². The van der Waals surface area contributed by atoms with Crippen LogP contribution in [0.4, 0.5) is 4.79 Å². The first-order valence-corrected chi connectivity index (χ1v) is 9.09. The lowest BCUT2D eigenvalue weighted by Crippen LogP contribution is -2.49. The van der Waals surface area contributed by atoms with Crippen LogP contribution in [0.2, 0.25) is 0 Å². The molecule has 4 amide bonds. The van der Waals surface area contributed by atoms with Gasteiger partial charge in [0.1, 0.15) is 12.6 Å². The summed E-state index contributed by atoms with van der Waals surface area (Å²) in [6, 6.07) is 6.63. The largest absolute Gasteiger partial charge is 0.375 e. The van der Waals surface area contributed by atoms with E-state index < -0.39 is 12.1 Å². The summed E-state index contributed by atoms with van der Waals surface area (Å²) < 4.78 is 5.42. The zero-order chi connectivity index (χ0) is 19.0. The Hall–Kier alpha value is -2.87. The van der Waals surface area contributed by atoms with Gasteiger partial charge >= 0.3 is 6.03 Å². The van der Waals surface area contributed by atoms with E-state index in [9.17, 15) is 14.4 Å².